The standard InChI is InChI=1S/C12H20N4S/c1-3-4-9-14-12(16-13)15-10-7-5-6-8-11(10)17-2/h5-8H,3-4,9,13H2,1-2H3,(H2,14,15,16). The van der Waals surface area contributed by atoms with Crippen LogP contribution in [0.4, 0.5) is 5.69 Å². The number of benzene rings is 1. The van der Waals surface area contributed by atoms with Crippen molar-refractivity contribution in [3.05, 3.63) is 24.3 Å². The van der Waals surface area contributed by atoms with Gasteiger partial charge in [0.15, 0.2) is 0 Å². The number of para-hydroxylation sites is 1. The van der Waals surface area contributed by atoms with Gasteiger partial charge in [-0.2, -0.15) is 0 Å². The van der Waals surface area contributed by atoms with Crippen molar-refractivity contribution >= 4 is 23.4 Å². The van der Waals surface area contributed by atoms with E-state index in [9.17, 15) is 0 Å². The summed E-state index contributed by atoms with van der Waals surface area (Å²) in [5.74, 6) is 6.06. The Bertz CT molecular complexity index is 365. The fourth-order valence-electron chi connectivity index (χ4n) is 1.35. The van der Waals surface area contributed by atoms with Crippen LogP contribution in [0, 0.1) is 0 Å². The maximum atomic E-state index is 5.44. The molecule has 0 unspecified atom stereocenters. The summed E-state index contributed by atoms with van der Waals surface area (Å²) in [6.45, 7) is 2.92. The predicted octanol–water partition coefficient (Wildman–Crippen LogP) is 2.44. The Morgan fingerprint density at radius 1 is 1.41 bits per heavy atom. The highest BCUT2D eigenvalue weighted by molar-refractivity contribution is 7.98. The lowest BCUT2D eigenvalue weighted by Gasteiger charge is -2.12. The first-order valence-electron chi connectivity index (χ1n) is 5.73. The number of nitrogens with one attached hydrogen (secondary N) is 2. The lowest BCUT2D eigenvalue weighted by molar-refractivity contribution is 0.801. The molecule has 0 aliphatic heterocycles. The monoisotopic (exact) mass is 252 g/mol. The SMILES string of the molecule is CCCCN=C(NN)Nc1ccccc1SC. The van der Waals surface area contributed by atoms with Crippen LogP contribution in [-0.4, -0.2) is 18.8 Å². The molecule has 1 rings (SSSR count). The number of rotatable bonds is 5. The summed E-state index contributed by atoms with van der Waals surface area (Å²) in [5, 5.41) is 3.20. The molecule has 0 aliphatic rings. The summed E-state index contributed by atoms with van der Waals surface area (Å²) in [6, 6.07) is 8.08. The van der Waals surface area contributed by atoms with E-state index in [-0.39, 0.29) is 0 Å². The fraction of sp³-hybridized carbons (Fsp3) is 0.417. The molecule has 0 heterocycles. The van der Waals surface area contributed by atoms with Crippen LogP contribution in [-0.2, 0) is 0 Å². The fourth-order valence-corrected chi connectivity index (χ4v) is 1.90. The molecule has 1 aromatic carbocycles. The van der Waals surface area contributed by atoms with Crippen molar-refractivity contribution in [3.8, 4) is 0 Å². The topological polar surface area (TPSA) is 62.4 Å². The minimum absolute atomic E-state index is 0.611. The average molecular weight is 252 g/mol. The second-order valence-corrected chi connectivity index (χ2v) is 4.40. The van der Waals surface area contributed by atoms with Crippen LogP contribution in [0.25, 0.3) is 0 Å². The van der Waals surface area contributed by atoms with E-state index in [2.05, 4.69) is 28.7 Å². The molecule has 1 aromatic rings. The third-order valence-corrected chi connectivity index (χ3v) is 3.07. The highest BCUT2D eigenvalue weighted by Gasteiger charge is 2.02. The minimum atomic E-state index is 0.611. The number of anilines is 1. The largest absolute Gasteiger partial charge is 0.324 e. The molecular formula is C12H20N4S. The molecule has 0 bridgehead atoms. The third-order valence-electron chi connectivity index (χ3n) is 2.28. The molecule has 0 aromatic heterocycles. The van der Waals surface area contributed by atoms with Gasteiger partial charge in [-0.25, -0.2) is 5.84 Å². The molecule has 0 spiro atoms. The number of nitrogens with two attached hydrogens (primary N) is 1. The zero-order valence-electron chi connectivity index (χ0n) is 10.4. The minimum Gasteiger partial charge on any atom is -0.324 e. The van der Waals surface area contributed by atoms with Crippen LogP contribution in [0.15, 0.2) is 34.2 Å². The number of hydrogen-bond acceptors (Lipinski definition) is 3. The number of unbranched alkanes of at least 4 members (excludes halogenated alkanes) is 1. The first kappa shape index (κ1) is 13.9. The Morgan fingerprint density at radius 2 is 2.18 bits per heavy atom. The van der Waals surface area contributed by atoms with Gasteiger partial charge in [0, 0.05) is 11.4 Å². The predicted molar refractivity (Wildman–Crippen MR) is 76.4 cm³/mol. The smallest absolute Gasteiger partial charge is 0.210 e. The van der Waals surface area contributed by atoms with Gasteiger partial charge in [0.1, 0.15) is 0 Å². The molecule has 0 saturated carbocycles. The molecule has 0 radical (unpaired) electrons. The summed E-state index contributed by atoms with van der Waals surface area (Å²) in [4.78, 5) is 5.53. The molecule has 0 amide bonds. The van der Waals surface area contributed by atoms with Crippen molar-refractivity contribution in [2.24, 2.45) is 10.8 Å². The second kappa shape index (κ2) is 7.97. The van der Waals surface area contributed by atoms with Gasteiger partial charge in [-0.1, -0.05) is 25.5 Å². The average Bonchev–Trinajstić information content (AvgIpc) is 2.38. The Balaban J connectivity index is 2.69. The molecule has 0 saturated heterocycles. The molecule has 0 atom stereocenters. The van der Waals surface area contributed by atoms with E-state index in [1.165, 1.54) is 4.90 Å². The number of guanidine groups is 1. The van der Waals surface area contributed by atoms with E-state index in [4.69, 9.17) is 5.84 Å². The summed E-state index contributed by atoms with van der Waals surface area (Å²) < 4.78 is 0. The van der Waals surface area contributed by atoms with Crippen LogP contribution in [0.3, 0.4) is 0 Å². The summed E-state index contributed by atoms with van der Waals surface area (Å²) in [5.41, 5.74) is 3.61. The van der Waals surface area contributed by atoms with Gasteiger partial charge in [0.2, 0.25) is 5.96 Å². The van der Waals surface area contributed by atoms with Crippen molar-refractivity contribution in [2.75, 3.05) is 18.1 Å². The summed E-state index contributed by atoms with van der Waals surface area (Å²) in [6.07, 6.45) is 4.24. The van der Waals surface area contributed by atoms with Crippen LogP contribution >= 0.6 is 11.8 Å². The molecule has 0 aliphatic carbocycles. The number of hydrazine groups is 1. The first-order valence-corrected chi connectivity index (χ1v) is 6.95. The Hall–Kier alpha value is -1.20. The third kappa shape index (κ3) is 4.66. The zero-order valence-corrected chi connectivity index (χ0v) is 11.2. The van der Waals surface area contributed by atoms with Gasteiger partial charge in [0.25, 0.3) is 0 Å². The van der Waals surface area contributed by atoms with Gasteiger partial charge < -0.3 is 5.32 Å². The van der Waals surface area contributed by atoms with Crippen LogP contribution in [0.2, 0.25) is 0 Å². The van der Waals surface area contributed by atoms with Gasteiger partial charge in [-0.05, 0) is 24.8 Å². The van der Waals surface area contributed by atoms with Crippen molar-refractivity contribution in [3.63, 3.8) is 0 Å². The van der Waals surface area contributed by atoms with Gasteiger partial charge in [-0.15, -0.1) is 11.8 Å². The number of aliphatic imine (C=N–C) groups is 1. The lowest BCUT2D eigenvalue weighted by Crippen LogP contribution is -2.36. The molecular weight excluding hydrogens is 232 g/mol. The van der Waals surface area contributed by atoms with Gasteiger partial charge in [-0.3, -0.25) is 10.4 Å². The van der Waals surface area contributed by atoms with Gasteiger partial charge >= 0.3 is 0 Å². The summed E-state index contributed by atoms with van der Waals surface area (Å²) >= 11 is 1.69. The van der Waals surface area contributed by atoms with Crippen LogP contribution < -0.4 is 16.6 Å². The zero-order chi connectivity index (χ0) is 12.5. The molecule has 5 heteroatoms. The lowest BCUT2D eigenvalue weighted by atomic mass is 10.3. The quantitative estimate of drug-likeness (QED) is 0.188. The second-order valence-electron chi connectivity index (χ2n) is 3.55. The van der Waals surface area contributed by atoms with Crippen molar-refractivity contribution in [1.82, 2.24) is 5.43 Å². The van der Waals surface area contributed by atoms with E-state index >= 15 is 0 Å². The van der Waals surface area contributed by atoms with E-state index in [0.29, 0.717) is 5.96 Å². The highest BCUT2D eigenvalue weighted by atomic mass is 32.2. The Kier molecular flexibility index (Phi) is 6.50. The van der Waals surface area contributed by atoms with E-state index < -0.39 is 0 Å². The molecule has 0 fully saturated rings. The number of nitrogens with zero attached hydrogens (tertiary/aromatic N) is 1. The van der Waals surface area contributed by atoms with E-state index in [1.54, 1.807) is 11.8 Å². The molecule has 94 valence electrons. The summed E-state index contributed by atoms with van der Waals surface area (Å²) in [7, 11) is 0. The Morgan fingerprint density at radius 3 is 2.82 bits per heavy atom. The number of hydrogen-bond donors (Lipinski definition) is 3. The van der Waals surface area contributed by atoms with Gasteiger partial charge in [0.05, 0.1) is 5.69 Å². The first-order chi connectivity index (χ1) is 8.31. The van der Waals surface area contributed by atoms with E-state index in [1.807, 2.05) is 24.5 Å². The maximum Gasteiger partial charge on any atom is 0.210 e. The normalized spacial score (nSPS) is 11.4. The molecule has 4 nitrogen and oxygen atoms in total. The van der Waals surface area contributed by atoms with Crippen molar-refractivity contribution in [2.45, 2.75) is 24.7 Å². The van der Waals surface area contributed by atoms with E-state index in [0.717, 1.165) is 25.1 Å². The van der Waals surface area contributed by atoms with Crippen LogP contribution in [0.1, 0.15) is 19.8 Å². The molecule has 4 N–H and O–H groups in total. The maximum absolute atomic E-state index is 5.44. The van der Waals surface area contributed by atoms with Crippen molar-refractivity contribution < 1.29 is 0 Å². The van der Waals surface area contributed by atoms with Crippen LogP contribution in [0.5, 0.6) is 0 Å². The number of thioether (sulfide) groups is 1. The van der Waals surface area contributed by atoms with Crippen molar-refractivity contribution in [1.29, 1.82) is 0 Å². The Labute approximate surface area is 107 Å². The highest BCUT2D eigenvalue weighted by Crippen LogP contribution is 2.24. The molecule has 17 heavy (non-hydrogen) atoms.